The first-order chi connectivity index (χ1) is 24.3. The van der Waals surface area contributed by atoms with Crippen LogP contribution in [0.5, 0.6) is 0 Å². The summed E-state index contributed by atoms with van der Waals surface area (Å²) in [5.41, 5.74) is 11.2. The molecule has 3 aromatic heterocycles. The van der Waals surface area contributed by atoms with E-state index in [1.165, 1.54) is 54.8 Å². The summed E-state index contributed by atoms with van der Waals surface area (Å²) in [6.07, 6.45) is 0. The van der Waals surface area contributed by atoms with Crippen LogP contribution in [0.25, 0.3) is 98.8 Å². The van der Waals surface area contributed by atoms with Crippen LogP contribution in [0.4, 0.5) is 0 Å². The molecule has 0 N–H and O–H groups in total. The first-order valence-electron chi connectivity index (χ1n) is 16.8. The van der Waals surface area contributed by atoms with E-state index in [1.807, 2.05) is 6.07 Å². The van der Waals surface area contributed by atoms with Gasteiger partial charge in [0.15, 0.2) is 0 Å². The number of fused-ring (bicyclic) bond motifs is 11. The third-order valence-electron chi connectivity index (χ3n) is 10.3. The highest BCUT2D eigenvalue weighted by Crippen LogP contribution is 2.43. The summed E-state index contributed by atoms with van der Waals surface area (Å²) in [6.45, 7) is 0. The predicted molar refractivity (Wildman–Crippen MR) is 205 cm³/mol. The molecule has 0 aliphatic rings. The largest absolute Gasteiger partial charge is 0.455 e. The second kappa shape index (κ2) is 9.96. The van der Waals surface area contributed by atoms with Gasteiger partial charge in [-0.1, -0.05) is 97.1 Å². The maximum atomic E-state index is 6.67. The number of benzene rings is 8. The number of furan rings is 1. The van der Waals surface area contributed by atoms with E-state index in [4.69, 9.17) is 4.42 Å². The van der Waals surface area contributed by atoms with Gasteiger partial charge < -0.3 is 13.6 Å². The molecule has 0 unspecified atom stereocenters. The lowest BCUT2D eigenvalue weighted by molar-refractivity contribution is 0.673. The number of rotatable bonds is 3. The first-order valence-corrected chi connectivity index (χ1v) is 16.8. The second-order valence-corrected chi connectivity index (χ2v) is 13.0. The number of hydrogen-bond acceptors (Lipinski definition) is 1. The fourth-order valence-corrected chi connectivity index (χ4v) is 8.07. The van der Waals surface area contributed by atoms with Crippen LogP contribution in [0.1, 0.15) is 0 Å². The molecule has 0 spiro atoms. The quantitative estimate of drug-likeness (QED) is 0.192. The molecule has 0 aliphatic heterocycles. The minimum Gasteiger partial charge on any atom is -0.455 e. The van der Waals surface area contributed by atoms with Crippen LogP contribution in [0.2, 0.25) is 0 Å². The molecule has 3 heteroatoms. The van der Waals surface area contributed by atoms with E-state index in [2.05, 4.69) is 173 Å². The Kier molecular flexibility index (Phi) is 5.38. The van der Waals surface area contributed by atoms with Crippen LogP contribution in [0.3, 0.4) is 0 Å². The minimum absolute atomic E-state index is 0.910. The number of aromatic nitrogens is 2. The lowest BCUT2D eigenvalue weighted by atomic mass is 10.00. The molecule has 11 aromatic rings. The van der Waals surface area contributed by atoms with Crippen LogP contribution in [-0.4, -0.2) is 9.13 Å². The molecule has 3 heterocycles. The van der Waals surface area contributed by atoms with Crippen LogP contribution in [0, 0.1) is 0 Å². The molecule has 228 valence electrons. The van der Waals surface area contributed by atoms with Crippen molar-refractivity contribution in [2.75, 3.05) is 0 Å². The normalized spacial score (nSPS) is 12.1. The topological polar surface area (TPSA) is 23.0 Å². The van der Waals surface area contributed by atoms with Gasteiger partial charge in [-0.2, -0.15) is 0 Å². The third kappa shape index (κ3) is 3.78. The molecule has 0 radical (unpaired) electrons. The SMILES string of the molecule is c1ccc(-n2c3ccccc3c3cc(-c4ccc5c(c4)c4c6oc7ccccc7c6ccc4n5-c4ccc5ccccc5c4)ccc32)cc1. The van der Waals surface area contributed by atoms with E-state index < -0.39 is 0 Å². The molecule has 0 aliphatic carbocycles. The average molecular weight is 625 g/mol. The van der Waals surface area contributed by atoms with Gasteiger partial charge in [-0.25, -0.2) is 0 Å². The Morgan fingerprint density at radius 2 is 0.980 bits per heavy atom. The Morgan fingerprint density at radius 3 is 1.84 bits per heavy atom. The fraction of sp³-hybridized carbons (Fsp3) is 0. The van der Waals surface area contributed by atoms with Gasteiger partial charge in [0.25, 0.3) is 0 Å². The molecular formula is C46H28N2O. The number of hydrogen-bond donors (Lipinski definition) is 0. The summed E-state index contributed by atoms with van der Waals surface area (Å²) in [4.78, 5) is 0. The Bertz CT molecular complexity index is 3100. The predicted octanol–water partition coefficient (Wildman–Crippen LogP) is 12.6. The van der Waals surface area contributed by atoms with Gasteiger partial charge in [0.1, 0.15) is 11.2 Å². The Balaban J connectivity index is 1.19. The van der Waals surface area contributed by atoms with Crippen molar-refractivity contribution in [1.82, 2.24) is 9.13 Å². The van der Waals surface area contributed by atoms with Gasteiger partial charge in [-0.3, -0.25) is 0 Å². The van der Waals surface area contributed by atoms with E-state index in [9.17, 15) is 0 Å². The number of para-hydroxylation sites is 3. The third-order valence-corrected chi connectivity index (χ3v) is 10.3. The van der Waals surface area contributed by atoms with E-state index in [1.54, 1.807) is 0 Å². The molecule has 0 fully saturated rings. The highest BCUT2D eigenvalue weighted by atomic mass is 16.3. The zero-order valence-corrected chi connectivity index (χ0v) is 26.5. The highest BCUT2D eigenvalue weighted by Gasteiger charge is 2.20. The maximum Gasteiger partial charge on any atom is 0.145 e. The summed E-state index contributed by atoms with van der Waals surface area (Å²) in [6, 6.07) is 61.3. The first kappa shape index (κ1) is 26.5. The van der Waals surface area contributed by atoms with Crippen LogP contribution < -0.4 is 0 Å². The molecule has 8 aromatic carbocycles. The van der Waals surface area contributed by atoms with Crippen molar-refractivity contribution in [2.24, 2.45) is 0 Å². The molecule has 11 rings (SSSR count). The van der Waals surface area contributed by atoms with E-state index >= 15 is 0 Å². The zero-order valence-electron chi connectivity index (χ0n) is 26.5. The summed E-state index contributed by atoms with van der Waals surface area (Å²) < 4.78 is 11.4. The molecule has 0 saturated heterocycles. The molecule has 49 heavy (non-hydrogen) atoms. The summed E-state index contributed by atoms with van der Waals surface area (Å²) in [5, 5.41) is 9.55. The monoisotopic (exact) mass is 624 g/mol. The van der Waals surface area contributed by atoms with Crippen LogP contribution in [-0.2, 0) is 0 Å². The lowest BCUT2D eigenvalue weighted by Gasteiger charge is -2.10. The number of nitrogens with zero attached hydrogens (tertiary/aromatic N) is 2. The fourth-order valence-electron chi connectivity index (χ4n) is 8.07. The lowest BCUT2D eigenvalue weighted by Crippen LogP contribution is -1.94. The Labute approximate surface area is 281 Å². The van der Waals surface area contributed by atoms with Gasteiger partial charge in [0, 0.05) is 38.3 Å². The zero-order chi connectivity index (χ0) is 32.1. The Hall–Kier alpha value is -6.58. The van der Waals surface area contributed by atoms with Crippen molar-refractivity contribution >= 4 is 76.3 Å². The standard InChI is InChI=1S/C46H28N2O/c1-2-12-33(13-3-1)47-40-16-8-6-14-35(40)38-27-31(19-23-41(38)47)32-20-24-42-39(28-32)45-43(25-22-37-36-15-7-9-17-44(36)49-46(37)45)48(42)34-21-18-29-10-4-5-11-30(29)26-34/h1-28H. The highest BCUT2D eigenvalue weighted by molar-refractivity contribution is 6.24. The molecule has 0 saturated carbocycles. The van der Waals surface area contributed by atoms with Crippen molar-refractivity contribution in [3.05, 3.63) is 170 Å². The smallest absolute Gasteiger partial charge is 0.145 e. The molecule has 0 atom stereocenters. The van der Waals surface area contributed by atoms with E-state index in [0.717, 1.165) is 44.0 Å². The van der Waals surface area contributed by atoms with Gasteiger partial charge >= 0.3 is 0 Å². The van der Waals surface area contributed by atoms with Gasteiger partial charge in [-0.15, -0.1) is 0 Å². The van der Waals surface area contributed by atoms with Crippen molar-refractivity contribution in [3.63, 3.8) is 0 Å². The van der Waals surface area contributed by atoms with Gasteiger partial charge in [-0.05, 0) is 94.7 Å². The molecular weight excluding hydrogens is 597 g/mol. The average Bonchev–Trinajstić information content (AvgIpc) is 3.82. The van der Waals surface area contributed by atoms with Crippen molar-refractivity contribution in [2.45, 2.75) is 0 Å². The molecule has 3 nitrogen and oxygen atoms in total. The van der Waals surface area contributed by atoms with Crippen molar-refractivity contribution in [1.29, 1.82) is 0 Å². The van der Waals surface area contributed by atoms with Crippen LogP contribution >= 0.6 is 0 Å². The van der Waals surface area contributed by atoms with Crippen LogP contribution in [0.15, 0.2) is 174 Å². The van der Waals surface area contributed by atoms with Gasteiger partial charge in [0.05, 0.1) is 27.5 Å². The van der Waals surface area contributed by atoms with E-state index in [0.29, 0.717) is 0 Å². The van der Waals surface area contributed by atoms with Crippen molar-refractivity contribution in [3.8, 4) is 22.5 Å². The second-order valence-electron chi connectivity index (χ2n) is 13.0. The summed E-state index contributed by atoms with van der Waals surface area (Å²) >= 11 is 0. The van der Waals surface area contributed by atoms with Gasteiger partial charge in [0.2, 0.25) is 0 Å². The maximum absolute atomic E-state index is 6.67. The summed E-state index contributed by atoms with van der Waals surface area (Å²) in [5.74, 6) is 0. The van der Waals surface area contributed by atoms with Crippen molar-refractivity contribution < 1.29 is 4.42 Å². The molecule has 0 bridgehead atoms. The molecule has 0 amide bonds. The van der Waals surface area contributed by atoms with E-state index in [-0.39, 0.29) is 0 Å². The minimum atomic E-state index is 0.910. The summed E-state index contributed by atoms with van der Waals surface area (Å²) in [7, 11) is 0. The Morgan fingerprint density at radius 1 is 0.347 bits per heavy atom.